The molecule has 0 radical (unpaired) electrons. The Morgan fingerprint density at radius 1 is 0.933 bits per heavy atom. The Morgan fingerprint density at radius 2 is 1.47 bits per heavy atom. The second-order valence-electron chi connectivity index (χ2n) is 9.98. The van der Waals surface area contributed by atoms with Crippen LogP contribution in [-0.4, -0.2) is 24.6 Å². The van der Waals surface area contributed by atoms with Gasteiger partial charge in [0.05, 0.1) is 0 Å². The number of hydrogen-bond donors (Lipinski definition) is 2. The zero-order chi connectivity index (χ0) is 20.9. The fourth-order valence-electron chi connectivity index (χ4n) is 5.81. The van der Waals surface area contributed by atoms with Gasteiger partial charge in [0, 0.05) is 23.8 Å². The fraction of sp³-hybridized carbons (Fsp3) is 0.400. The van der Waals surface area contributed by atoms with Crippen LogP contribution in [0.2, 0.25) is 5.04 Å². The van der Waals surface area contributed by atoms with Crippen LogP contribution < -0.4 is 16.1 Å². The van der Waals surface area contributed by atoms with Crippen LogP contribution in [0.15, 0.2) is 66.7 Å². The molecule has 2 saturated carbocycles. The quantitative estimate of drug-likeness (QED) is 0.615. The number of nitrogens with zero attached hydrogens (tertiary/aromatic N) is 1. The number of aromatic amines is 1. The van der Waals surface area contributed by atoms with E-state index in [0.717, 1.165) is 12.8 Å². The van der Waals surface area contributed by atoms with E-state index in [4.69, 9.17) is 10.2 Å². The molecule has 0 amide bonds. The van der Waals surface area contributed by atoms with Crippen LogP contribution in [0, 0.1) is 11.8 Å². The molecule has 3 aromatic rings. The van der Waals surface area contributed by atoms with Gasteiger partial charge in [-0.2, -0.15) is 5.10 Å². The number of aromatic nitrogens is 2. The SMILES string of the molecule is CC(C)(C)[Si](OC1C[C@@H]2[C@H](C1)[C@H]2c1cc(N)n[nH]1)(c1ccccc1)c1ccccc1. The van der Waals surface area contributed by atoms with Gasteiger partial charge in [-0.1, -0.05) is 81.4 Å². The molecule has 2 fully saturated rings. The third kappa shape index (κ3) is 3.12. The monoisotopic (exact) mass is 417 g/mol. The van der Waals surface area contributed by atoms with Gasteiger partial charge < -0.3 is 10.2 Å². The average molecular weight is 418 g/mol. The topological polar surface area (TPSA) is 63.9 Å². The highest BCUT2D eigenvalue weighted by Gasteiger charge is 2.60. The highest BCUT2D eigenvalue weighted by atomic mass is 28.4. The summed E-state index contributed by atoms with van der Waals surface area (Å²) in [6.07, 6.45) is 2.56. The molecule has 30 heavy (non-hydrogen) atoms. The van der Waals surface area contributed by atoms with Crippen molar-refractivity contribution in [2.45, 2.75) is 50.7 Å². The van der Waals surface area contributed by atoms with Crippen LogP contribution in [0.5, 0.6) is 0 Å². The number of H-pyrrole nitrogens is 1. The molecule has 2 aromatic carbocycles. The predicted octanol–water partition coefficient (Wildman–Crippen LogP) is 4.06. The lowest BCUT2D eigenvalue weighted by molar-refractivity contribution is 0.177. The Labute approximate surface area is 180 Å². The summed E-state index contributed by atoms with van der Waals surface area (Å²) >= 11 is 0. The van der Waals surface area contributed by atoms with Crippen LogP contribution in [0.1, 0.15) is 45.2 Å². The molecule has 1 aromatic heterocycles. The van der Waals surface area contributed by atoms with Crippen molar-refractivity contribution in [1.29, 1.82) is 0 Å². The summed E-state index contributed by atoms with van der Waals surface area (Å²) in [5.74, 6) is 2.55. The number of benzene rings is 2. The summed E-state index contributed by atoms with van der Waals surface area (Å²) in [6.45, 7) is 7.06. The molecule has 0 saturated heterocycles. The summed E-state index contributed by atoms with van der Waals surface area (Å²) < 4.78 is 7.31. The van der Waals surface area contributed by atoms with Gasteiger partial charge in [0.2, 0.25) is 0 Å². The summed E-state index contributed by atoms with van der Waals surface area (Å²) in [7, 11) is -2.46. The molecule has 5 heteroatoms. The van der Waals surface area contributed by atoms with Crippen LogP contribution in [0.4, 0.5) is 5.82 Å². The second kappa shape index (κ2) is 7.10. The summed E-state index contributed by atoms with van der Waals surface area (Å²) in [6, 6.07) is 23.9. The Bertz CT molecular complexity index is 960. The molecular weight excluding hydrogens is 386 g/mol. The molecule has 1 heterocycles. The lowest BCUT2D eigenvalue weighted by atomic mass is 10.1. The van der Waals surface area contributed by atoms with E-state index in [1.54, 1.807) is 0 Å². The van der Waals surface area contributed by atoms with E-state index in [2.05, 4.69) is 91.6 Å². The summed E-state index contributed by atoms with van der Waals surface area (Å²) in [5.41, 5.74) is 7.02. The molecule has 156 valence electrons. The van der Waals surface area contributed by atoms with Crippen LogP contribution in [-0.2, 0) is 4.43 Å². The first-order chi connectivity index (χ1) is 14.4. The number of nitrogens with one attached hydrogen (secondary N) is 1. The Hall–Kier alpha value is -2.37. The van der Waals surface area contributed by atoms with E-state index in [1.807, 2.05) is 6.07 Å². The first-order valence-corrected chi connectivity index (χ1v) is 12.9. The molecular formula is C25H31N3OSi. The lowest BCUT2D eigenvalue weighted by Gasteiger charge is -2.45. The van der Waals surface area contributed by atoms with Gasteiger partial charge in [0.25, 0.3) is 8.32 Å². The number of fused-ring (bicyclic) bond motifs is 1. The van der Waals surface area contributed by atoms with Gasteiger partial charge in [0.15, 0.2) is 0 Å². The average Bonchev–Trinajstić information content (AvgIpc) is 3.05. The minimum atomic E-state index is -2.46. The Morgan fingerprint density at radius 3 is 1.90 bits per heavy atom. The molecule has 0 aliphatic heterocycles. The normalized spacial score (nSPS) is 25.8. The number of anilines is 1. The zero-order valence-electron chi connectivity index (χ0n) is 18.0. The lowest BCUT2D eigenvalue weighted by Crippen LogP contribution is -2.67. The zero-order valence-corrected chi connectivity index (χ0v) is 19.0. The molecule has 4 nitrogen and oxygen atoms in total. The van der Waals surface area contributed by atoms with Crippen LogP contribution in [0.25, 0.3) is 0 Å². The molecule has 2 aliphatic rings. The van der Waals surface area contributed by atoms with Crippen molar-refractivity contribution in [2.75, 3.05) is 5.73 Å². The van der Waals surface area contributed by atoms with Crippen molar-refractivity contribution in [3.05, 3.63) is 72.4 Å². The van der Waals surface area contributed by atoms with Crippen LogP contribution >= 0.6 is 0 Å². The number of rotatable bonds is 5. The van der Waals surface area contributed by atoms with E-state index >= 15 is 0 Å². The minimum Gasteiger partial charge on any atom is -0.404 e. The van der Waals surface area contributed by atoms with Crippen molar-refractivity contribution >= 4 is 24.5 Å². The number of nitrogens with two attached hydrogens (primary N) is 1. The van der Waals surface area contributed by atoms with Gasteiger partial charge in [-0.3, -0.25) is 5.10 Å². The van der Waals surface area contributed by atoms with E-state index in [-0.39, 0.29) is 5.04 Å². The molecule has 2 aliphatic carbocycles. The third-order valence-electron chi connectivity index (χ3n) is 7.14. The van der Waals surface area contributed by atoms with E-state index < -0.39 is 8.32 Å². The van der Waals surface area contributed by atoms with Gasteiger partial charge in [-0.15, -0.1) is 0 Å². The molecule has 5 rings (SSSR count). The van der Waals surface area contributed by atoms with Crippen molar-refractivity contribution in [3.63, 3.8) is 0 Å². The first kappa shape index (κ1) is 19.6. The largest absolute Gasteiger partial charge is 0.404 e. The molecule has 0 spiro atoms. The van der Waals surface area contributed by atoms with E-state index in [1.165, 1.54) is 16.1 Å². The van der Waals surface area contributed by atoms with Gasteiger partial charge in [-0.05, 0) is 40.1 Å². The summed E-state index contributed by atoms with van der Waals surface area (Å²) in [4.78, 5) is 0. The molecule has 4 atom stereocenters. The third-order valence-corrected chi connectivity index (χ3v) is 12.2. The van der Waals surface area contributed by atoms with Crippen molar-refractivity contribution < 1.29 is 4.43 Å². The molecule has 0 bridgehead atoms. The van der Waals surface area contributed by atoms with Crippen molar-refractivity contribution in [3.8, 4) is 0 Å². The van der Waals surface area contributed by atoms with Gasteiger partial charge in [-0.25, -0.2) is 0 Å². The van der Waals surface area contributed by atoms with Crippen LogP contribution in [0.3, 0.4) is 0 Å². The van der Waals surface area contributed by atoms with E-state index in [9.17, 15) is 0 Å². The number of nitrogen functional groups attached to an aromatic ring is 1. The standard InChI is InChI=1S/C25H31N3OSi/c1-25(2,3)30(18-10-6-4-7-11-18,19-12-8-5-9-13-19)29-17-14-20-21(15-17)24(20)22-16-23(26)28-27-22/h4-13,16-17,20-21,24H,14-15H2,1-3H3,(H3,26,27,28)/t17?,20-,21+,24+. The maximum atomic E-state index is 7.31. The highest BCUT2D eigenvalue weighted by molar-refractivity contribution is 6.99. The Kier molecular flexibility index (Phi) is 4.63. The highest BCUT2D eigenvalue weighted by Crippen LogP contribution is 2.63. The Balaban J connectivity index is 1.46. The van der Waals surface area contributed by atoms with Gasteiger partial charge in [0.1, 0.15) is 5.82 Å². The fourth-order valence-corrected chi connectivity index (χ4v) is 10.5. The predicted molar refractivity (Wildman–Crippen MR) is 124 cm³/mol. The summed E-state index contributed by atoms with van der Waals surface area (Å²) in [5, 5.41) is 10.0. The second-order valence-corrected chi connectivity index (χ2v) is 14.2. The molecule has 3 N–H and O–H groups in total. The maximum Gasteiger partial charge on any atom is 0.261 e. The van der Waals surface area contributed by atoms with Crippen molar-refractivity contribution in [1.82, 2.24) is 10.2 Å². The van der Waals surface area contributed by atoms with E-state index in [0.29, 0.717) is 29.7 Å². The van der Waals surface area contributed by atoms with Crippen molar-refractivity contribution in [2.24, 2.45) is 11.8 Å². The minimum absolute atomic E-state index is 0.0275. The smallest absolute Gasteiger partial charge is 0.261 e. The molecule has 1 unspecified atom stereocenters. The van der Waals surface area contributed by atoms with Gasteiger partial charge >= 0.3 is 0 Å². The maximum absolute atomic E-state index is 7.31. The first-order valence-electron chi connectivity index (χ1n) is 11.0. The number of hydrogen-bond acceptors (Lipinski definition) is 3.